The first kappa shape index (κ1) is 18.6. The number of amides is 2. The average molecular weight is 394 g/mol. The van der Waals surface area contributed by atoms with E-state index in [0.29, 0.717) is 34.1 Å². The Morgan fingerprint density at radius 2 is 1.96 bits per heavy atom. The number of nitrogens with one attached hydrogen (secondary N) is 1. The van der Waals surface area contributed by atoms with Crippen LogP contribution < -0.4 is 10.2 Å². The minimum atomic E-state index is -0.186. The number of benzene rings is 1. The van der Waals surface area contributed by atoms with Gasteiger partial charge in [-0.3, -0.25) is 9.80 Å². The van der Waals surface area contributed by atoms with Crippen LogP contribution in [0, 0.1) is 0 Å². The first-order valence-corrected chi connectivity index (χ1v) is 9.09. The molecule has 1 N–H and O–H groups in total. The molecule has 8 heteroatoms. The van der Waals surface area contributed by atoms with Crippen molar-refractivity contribution in [1.82, 2.24) is 14.5 Å². The van der Waals surface area contributed by atoms with Crippen LogP contribution in [-0.2, 0) is 13.6 Å². The number of halogens is 2. The molecule has 3 rings (SSSR count). The van der Waals surface area contributed by atoms with Crippen molar-refractivity contribution in [3.05, 3.63) is 46.1 Å². The number of aromatic nitrogens is 2. The Kier molecular flexibility index (Phi) is 5.16. The van der Waals surface area contributed by atoms with Gasteiger partial charge < -0.3 is 9.88 Å². The molecule has 0 bridgehead atoms. The molecule has 0 saturated carbocycles. The van der Waals surface area contributed by atoms with E-state index >= 15 is 0 Å². The van der Waals surface area contributed by atoms with Gasteiger partial charge in [-0.25, -0.2) is 4.79 Å². The van der Waals surface area contributed by atoms with Crippen LogP contribution in [0.5, 0.6) is 0 Å². The van der Waals surface area contributed by atoms with E-state index in [1.165, 1.54) is 0 Å². The van der Waals surface area contributed by atoms with Crippen LogP contribution in [0.3, 0.4) is 0 Å². The fourth-order valence-electron chi connectivity index (χ4n) is 2.93. The number of urea groups is 1. The molecule has 2 amide bonds. The molecule has 2 heterocycles. The molecule has 1 aliphatic heterocycles. The fraction of sp³-hybridized carbons (Fsp3) is 0.333. The molecule has 138 valence electrons. The van der Waals surface area contributed by atoms with Gasteiger partial charge in [0.25, 0.3) is 0 Å². The molecule has 0 spiro atoms. The van der Waals surface area contributed by atoms with E-state index in [1.807, 2.05) is 17.7 Å². The fourth-order valence-corrected chi connectivity index (χ4v) is 3.25. The van der Waals surface area contributed by atoms with Crippen molar-refractivity contribution in [2.45, 2.75) is 19.9 Å². The third-order valence-corrected chi connectivity index (χ3v) is 5.11. The summed E-state index contributed by atoms with van der Waals surface area (Å²) in [7, 11) is 3.63. The maximum absolute atomic E-state index is 12.9. The van der Waals surface area contributed by atoms with E-state index in [-0.39, 0.29) is 6.03 Å². The number of hydrogen-bond acceptors (Lipinski definition) is 3. The van der Waals surface area contributed by atoms with Gasteiger partial charge in [-0.1, -0.05) is 42.8 Å². The third-order valence-electron chi connectivity index (χ3n) is 4.37. The molecule has 0 fully saturated rings. The Bertz CT molecular complexity index is 877. The molecular formula is C18H21Cl2N5O. The monoisotopic (exact) mass is 393 g/mol. The van der Waals surface area contributed by atoms with Gasteiger partial charge in [0.05, 0.1) is 22.3 Å². The molecule has 0 radical (unpaired) electrons. The van der Waals surface area contributed by atoms with Crippen molar-refractivity contribution in [2.75, 3.05) is 23.8 Å². The van der Waals surface area contributed by atoms with Gasteiger partial charge in [0.2, 0.25) is 5.95 Å². The number of nitrogens with zero attached hydrogens (tertiary/aromatic N) is 4. The van der Waals surface area contributed by atoms with E-state index in [9.17, 15) is 4.79 Å². The lowest BCUT2D eigenvalue weighted by Crippen LogP contribution is -2.44. The van der Waals surface area contributed by atoms with Crippen molar-refractivity contribution in [1.29, 1.82) is 0 Å². The summed E-state index contributed by atoms with van der Waals surface area (Å²) in [6.45, 7) is 7.38. The molecular weight excluding hydrogens is 373 g/mol. The highest BCUT2D eigenvalue weighted by Gasteiger charge is 2.35. The lowest BCUT2D eigenvalue weighted by atomic mass is 10.1. The smallest absolute Gasteiger partial charge is 0.330 e. The van der Waals surface area contributed by atoms with Crippen LogP contribution in [0.4, 0.5) is 16.6 Å². The quantitative estimate of drug-likeness (QED) is 0.807. The molecule has 2 aromatic rings. The Morgan fingerprint density at radius 1 is 1.23 bits per heavy atom. The molecule has 0 unspecified atom stereocenters. The molecule has 1 aliphatic rings. The number of carbonyl (C=O) groups is 1. The second kappa shape index (κ2) is 7.21. The molecule has 0 saturated heterocycles. The Morgan fingerprint density at radius 3 is 2.62 bits per heavy atom. The standard InChI is InChI=1S/C18H21Cl2N5O/c1-5-8-21-17-22-16-15(23(17)3)11(2)25(18(26)24(16)4)10-12-6-7-13(19)14(20)9-12/h6-7,9H,2,5,8,10H2,1,3-4H3,(H,21,22). The Hall–Kier alpha value is -2.18. The van der Waals surface area contributed by atoms with E-state index in [1.54, 1.807) is 29.0 Å². The van der Waals surface area contributed by atoms with Crippen molar-refractivity contribution in [3.8, 4) is 0 Å². The number of imidazole rings is 1. The highest BCUT2D eigenvalue weighted by atomic mass is 35.5. The second-order valence-electron chi connectivity index (χ2n) is 6.22. The maximum atomic E-state index is 12.9. The molecule has 6 nitrogen and oxygen atoms in total. The van der Waals surface area contributed by atoms with Gasteiger partial charge in [0.1, 0.15) is 5.69 Å². The van der Waals surface area contributed by atoms with Crippen molar-refractivity contribution >= 4 is 46.7 Å². The van der Waals surface area contributed by atoms with Crippen molar-refractivity contribution in [2.24, 2.45) is 7.05 Å². The summed E-state index contributed by atoms with van der Waals surface area (Å²) < 4.78 is 1.93. The van der Waals surface area contributed by atoms with Gasteiger partial charge in [-0.15, -0.1) is 0 Å². The van der Waals surface area contributed by atoms with Gasteiger partial charge in [-0.05, 0) is 24.1 Å². The summed E-state index contributed by atoms with van der Waals surface area (Å²) in [5, 5.41) is 4.22. The minimum absolute atomic E-state index is 0.186. The Balaban J connectivity index is 1.95. The molecule has 26 heavy (non-hydrogen) atoms. The Labute approximate surface area is 163 Å². The van der Waals surface area contributed by atoms with Crippen LogP contribution in [-0.4, -0.2) is 34.1 Å². The number of rotatable bonds is 5. The minimum Gasteiger partial charge on any atom is -0.356 e. The zero-order valence-corrected chi connectivity index (χ0v) is 16.5. The summed E-state index contributed by atoms with van der Waals surface area (Å²) in [5.74, 6) is 1.32. The van der Waals surface area contributed by atoms with E-state index in [2.05, 4.69) is 23.8 Å². The average Bonchev–Trinajstić information content (AvgIpc) is 2.95. The predicted octanol–water partition coefficient (Wildman–Crippen LogP) is 4.59. The van der Waals surface area contributed by atoms with Crippen molar-refractivity contribution < 1.29 is 4.79 Å². The largest absolute Gasteiger partial charge is 0.356 e. The van der Waals surface area contributed by atoms with E-state index < -0.39 is 0 Å². The number of carbonyl (C=O) groups excluding carboxylic acids is 1. The zero-order valence-electron chi connectivity index (χ0n) is 15.0. The number of anilines is 2. The molecule has 0 aliphatic carbocycles. The lowest BCUT2D eigenvalue weighted by Gasteiger charge is -2.34. The van der Waals surface area contributed by atoms with Gasteiger partial charge in [-0.2, -0.15) is 4.98 Å². The summed E-state index contributed by atoms with van der Waals surface area (Å²) in [6, 6.07) is 5.15. The second-order valence-corrected chi connectivity index (χ2v) is 7.03. The van der Waals surface area contributed by atoms with Crippen molar-refractivity contribution in [3.63, 3.8) is 0 Å². The SMILES string of the molecule is C=C1c2c(nc(NCCC)n2C)N(C)C(=O)N1Cc1ccc(Cl)c(Cl)c1. The molecule has 1 aromatic carbocycles. The first-order valence-electron chi connectivity index (χ1n) is 8.34. The highest BCUT2D eigenvalue weighted by molar-refractivity contribution is 6.42. The van der Waals surface area contributed by atoms with Crippen LogP contribution in [0.15, 0.2) is 24.8 Å². The third kappa shape index (κ3) is 3.15. The van der Waals surface area contributed by atoms with Gasteiger partial charge >= 0.3 is 6.03 Å². The first-order chi connectivity index (χ1) is 12.3. The summed E-state index contributed by atoms with van der Waals surface area (Å²) >= 11 is 12.1. The predicted molar refractivity (Wildman–Crippen MR) is 107 cm³/mol. The maximum Gasteiger partial charge on any atom is 0.330 e. The van der Waals surface area contributed by atoms with Crippen LogP contribution >= 0.6 is 23.2 Å². The van der Waals surface area contributed by atoms with Crippen LogP contribution in [0.1, 0.15) is 24.6 Å². The van der Waals surface area contributed by atoms with E-state index in [4.69, 9.17) is 23.2 Å². The molecule has 1 aromatic heterocycles. The summed E-state index contributed by atoms with van der Waals surface area (Å²) in [6.07, 6.45) is 0.983. The van der Waals surface area contributed by atoms with Crippen LogP contribution in [0.25, 0.3) is 5.70 Å². The summed E-state index contributed by atoms with van der Waals surface area (Å²) in [4.78, 5) is 20.6. The molecule has 0 atom stereocenters. The summed E-state index contributed by atoms with van der Waals surface area (Å²) in [5.41, 5.74) is 2.29. The number of fused-ring (bicyclic) bond motifs is 1. The van der Waals surface area contributed by atoms with Gasteiger partial charge in [0.15, 0.2) is 5.82 Å². The van der Waals surface area contributed by atoms with Crippen LogP contribution in [0.2, 0.25) is 10.0 Å². The number of hydrogen-bond donors (Lipinski definition) is 1. The van der Waals surface area contributed by atoms with Gasteiger partial charge in [0, 0.05) is 20.6 Å². The lowest BCUT2D eigenvalue weighted by molar-refractivity contribution is 0.222. The zero-order chi connectivity index (χ0) is 19.0. The topological polar surface area (TPSA) is 53.4 Å². The normalized spacial score (nSPS) is 14.0. The van der Waals surface area contributed by atoms with E-state index in [0.717, 1.165) is 24.2 Å². The highest BCUT2D eigenvalue weighted by Crippen LogP contribution is 2.36.